The summed E-state index contributed by atoms with van der Waals surface area (Å²) >= 11 is 0. The number of rotatable bonds is 2. The summed E-state index contributed by atoms with van der Waals surface area (Å²) in [6, 6.07) is -0.570. The zero-order valence-corrected chi connectivity index (χ0v) is 12.0. The molecular formula is C11H21NO5S. The van der Waals surface area contributed by atoms with Gasteiger partial charge >= 0.3 is 6.09 Å². The van der Waals surface area contributed by atoms with Crippen molar-refractivity contribution >= 4 is 15.9 Å². The SMILES string of the molecule is CC(C)(C)OC(=O)N[C@@H]1CC(S(C)(=O)=O)C[C@H]1O. The Balaban J connectivity index is 2.57. The van der Waals surface area contributed by atoms with Gasteiger partial charge in [0.05, 0.1) is 17.4 Å². The fourth-order valence-electron chi connectivity index (χ4n) is 1.93. The van der Waals surface area contributed by atoms with Crippen LogP contribution < -0.4 is 5.32 Å². The Morgan fingerprint density at radius 3 is 2.28 bits per heavy atom. The van der Waals surface area contributed by atoms with Crippen molar-refractivity contribution in [3.63, 3.8) is 0 Å². The molecule has 0 bridgehead atoms. The molecule has 1 saturated carbocycles. The molecule has 0 heterocycles. The molecule has 1 amide bonds. The lowest BCUT2D eigenvalue weighted by atomic mass is 10.2. The third-order valence-electron chi connectivity index (χ3n) is 2.79. The van der Waals surface area contributed by atoms with Crippen molar-refractivity contribution in [3.05, 3.63) is 0 Å². The Hall–Kier alpha value is -0.820. The number of alkyl carbamates (subject to hydrolysis) is 1. The maximum atomic E-state index is 11.5. The maximum Gasteiger partial charge on any atom is 0.407 e. The van der Waals surface area contributed by atoms with Crippen molar-refractivity contribution in [3.8, 4) is 0 Å². The van der Waals surface area contributed by atoms with Crippen molar-refractivity contribution in [1.29, 1.82) is 0 Å². The monoisotopic (exact) mass is 279 g/mol. The minimum absolute atomic E-state index is 0.152. The molecule has 0 saturated heterocycles. The molecule has 18 heavy (non-hydrogen) atoms. The van der Waals surface area contributed by atoms with Crippen molar-refractivity contribution in [2.45, 2.75) is 56.6 Å². The normalized spacial score (nSPS) is 29.1. The van der Waals surface area contributed by atoms with Gasteiger partial charge in [0.2, 0.25) is 0 Å². The highest BCUT2D eigenvalue weighted by atomic mass is 32.2. The number of carbonyl (C=O) groups is 1. The van der Waals surface area contributed by atoms with Gasteiger partial charge in [0.25, 0.3) is 0 Å². The van der Waals surface area contributed by atoms with Gasteiger partial charge in [-0.1, -0.05) is 0 Å². The van der Waals surface area contributed by atoms with Crippen LogP contribution in [0.4, 0.5) is 4.79 Å². The first-order valence-corrected chi connectivity index (χ1v) is 7.81. The second-order valence-corrected chi connectivity index (χ2v) is 8.07. The highest BCUT2D eigenvalue weighted by molar-refractivity contribution is 7.91. The largest absolute Gasteiger partial charge is 0.444 e. The number of aliphatic hydroxyl groups excluding tert-OH is 1. The van der Waals surface area contributed by atoms with Gasteiger partial charge in [0.15, 0.2) is 0 Å². The maximum absolute atomic E-state index is 11.5. The minimum atomic E-state index is -3.19. The van der Waals surface area contributed by atoms with Crippen molar-refractivity contribution < 1.29 is 23.1 Å². The van der Waals surface area contributed by atoms with E-state index in [1.54, 1.807) is 20.8 Å². The first-order chi connectivity index (χ1) is 7.99. The van der Waals surface area contributed by atoms with E-state index in [4.69, 9.17) is 4.74 Å². The van der Waals surface area contributed by atoms with Crippen LogP contribution in [0.5, 0.6) is 0 Å². The van der Waals surface area contributed by atoms with Gasteiger partial charge in [-0.25, -0.2) is 13.2 Å². The summed E-state index contributed by atoms with van der Waals surface area (Å²) in [6.45, 7) is 5.20. The standard InChI is InChI=1S/C11H21NO5S/c1-11(2,3)17-10(14)12-8-5-7(6-9(8)13)18(4,15)16/h7-9,13H,5-6H2,1-4H3,(H,12,14)/t7?,8-,9-/m1/s1. The van der Waals surface area contributed by atoms with Crippen LogP contribution in [0.25, 0.3) is 0 Å². The molecule has 0 aromatic heterocycles. The Bertz CT molecular complexity index is 412. The molecule has 0 aliphatic heterocycles. The van der Waals surface area contributed by atoms with E-state index in [0.29, 0.717) is 0 Å². The molecule has 0 spiro atoms. The quantitative estimate of drug-likeness (QED) is 0.765. The first kappa shape index (κ1) is 15.2. The van der Waals surface area contributed by atoms with E-state index in [-0.39, 0.29) is 12.8 Å². The second-order valence-electron chi connectivity index (χ2n) is 5.74. The Labute approximate surface area is 108 Å². The summed E-state index contributed by atoms with van der Waals surface area (Å²) in [5.41, 5.74) is -0.621. The van der Waals surface area contributed by atoms with Gasteiger partial charge in [-0.2, -0.15) is 0 Å². The number of sulfone groups is 1. The van der Waals surface area contributed by atoms with Gasteiger partial charge in [-0.3, -0.25) is 0 Å². The van der Waals surface area contributed by atoms with Crippen LogP contribution in [-0.4, -0.2) is 48.9 Å². The summed E-state index contributed by atoms with van der Waals surface area (Å²) in [4.78, 5) is 11.5. The third kappa shape index (κ3) is 4.45. The predicted molar refractivity (Wildman–Crippen MR) is 67.0 cm³/mol. The minimum Gasteiger partial charge on any atom is -0.444 e. The number of hydrogen-bond acceptors (Lipinski definition) is 5. The zero-order chi connectivity index (χ0) is 14.1. The lowest BCUT2D eigenvalue weighted by Crippen LogP contribution is -2.42. The molecule has 0 aromatic rings. The van der Waals surface area contributed by atoms with Crippen LogP contribution in [-0.2, 0) is 14.6 Å². The van der Waals surface area contributed by atoms with Gasteiger partial charge in [-0.15, -0.1) is 0 Å². The van der Waals surface area contributed by atoms with Crippen molar-refractivity contribution in [2.75, 3.05) is 6.26 Å². The topological polar surface area (TPSA) is 92.7 Å². The first-order valence-electron chi connectivity index (χ1n) is 5.85. The van der Waals surface area contributed by atoms with E-state index in [2.05, 4.69) is 5.32 Å². The molecule has 6 nitrogen and oxygen atoms in total. The zero-order valence-electron chi connectivity index (χ0n) is 11.1. The second kappa shape index (κ2) is 5.05. The molecule has 3 atom stereocenters. The predicted octanol–water partition coefficient (Wildman–Crippen LogP) is 0.448. The summed E-state index contributed by atoms with van der Waals surface area (Å²) in [7, 11) is -3.19. The fourth-order valence-corrected chi connectivity index (χ4v) is 3.04. The number of hydrogen-bond donors (Lipinski definition) is 2. The van der Waals surface area contributed by atoms with E-state index in [1.165, 1.54) is 0 Å². The highest BCUT2D eigenvalue weighted by Gasteiger charge is 2.39. The molecule has 0 radical (unpaired) electrons. The number of nitrogens with one attached hydrogen (secondary N) is 1. The Morgan fingerprint density at radius 1 is 1.33 bits per heavy atom. The molecule has 1 unspecified atom stereocenters. The molecule has 1 aliphatic rings. The average molecular weight is 279 g/mol. The number of ether oxygens (including phenoxy) is 1. The summed E-state index contributed by atoms with van der Waals surface area (Å²) in [5, 5.41) is 11.6. The highest BCUT2D eigenvalue weighted by Crippen LogP contribution is 2.25. The van der Waals surface area contributed by atoms with Crippen molar-refractivity contribution in [2.24, 2.45) is 0 Å². The molecule has 1 aliphatic carbocycles. The van der Waals surface area contributed by atoms with Gasteiger partial charge in [0, 0.05) is 6.26 Å². The third-order valence-corrected chi connectivity index (χ3v) is 4.39. The molecule has 1 rings (SSSR count). The fraction of sp³-hybridized carbons (Fsp3) is 0.909. The van der Waals surface area contributed by atoms with Crippen LogP contribution >= 0.6 is 0 Å². The Morgan fingerprint density at radius 2 is 1.89 bits per heavy atom. The van der Waals surface area contributed by atoms with Crippen LogP contribution in [0, 0.1) is 0 Å². The van der Waals surface area contributed by atoms with Gasteiger partial charge in [0.1, 0.15) is 15.4 Å². The molecule has 106 valence electrons. The van der Waals surface area contributed by atoms with E-state index < -0.39 is 38.9 Å². The number of amides is 1. The smallest absolute Gasteiger partial charge is 0.407 e. The lowest BCUT2D eigenvalue weighted by molar-refractivity contribution is 0.0450. The number of aliphatic hydroxyl groups is 1. The van der Waals surface area contributed by atoms with E-state index in [0.717, 1.165) is 6.26 Å². The van der Waals surface area contributed by atoms with E-state index in [9.17, 15) is 18.3 Å². The molecule has 2 N–H and O–H groups in total. The van der Waals surface area contributed by atoms with E-state index >= 15 is 0 Å². The average Bonchev–Trinajstić information content (AvgIpc) is 2.43. The van der Waals surface area contributed by atoms with Crippen molar-refractivity contribution in [1.82, 2.24) is 5.32 Å². The summed E-state index contributed by atoms with van der Waals surface area (Å²) in [6.07, 6.45) is 0.0247. The van der Waals surface area contributed by atoms with Crippen LogP contribution in [0.3, 0.4) is 0 Å². The van der Waals surface area contributed by atoms with Gasteiger partial charge in [-0.05, 0) is 33.6 Å². The molecule has 7 heteroatoms. The Kier molecular flexibility index (Phi) is 4.27. The lowest BCUT2D eigenvalue weighted by Gasteiger charge is -2.22. The molecule has 0 aromatic carbocycles. The molecule has 1 fully saturated rings. The number of carbonyl (C=O) groups excluding carboxylic acids is 1. The van der Waals surface area contributed by atoms with Gasteiger partial charge < -0.3 is 15.2 Å². The van der Waals surface area contributed by atoms with Crippen LogP contribution in [0.2, 0.25) is 0 Å². The van der Waals surface area contributed by atoms with Crippen LogP contribution in [0.1, 0.15) is 33.6 Å². The molecular weight excluding hydrogens is 258 g/mol. The summed E-state index contributed by atoms with van der Waals surface area (Å²) in [5.74, 6) is 0. The summed E-state index contributed by atoms with van der Waals surface area (Å²) < 4.78 is 27.8. The van der Waals surface area contributed by atoms with E-state index in [1.807, 2.05) is 0 Å². The van der Waals surface area contributed by atoms with Crippen LogP contribution in [0.15, 0.2) is 0 Å².